The van der Waals surface area contributed by atoms with Crippen molar-refractivity contribution in [3.63, 3.8) is 0 Å². The molecule has 6 nitrogen and oxygen atoms in total. The molecule has 0 aromatic rings. The molecule has 2 aliphatic rings. The van der Waals surface area contributed by atoms with Crippen LogP contribution in [0.3, 0.4) is 0 Å². The molecule has 0 spiro atoms. The van der Waals surface area contributed by atoms with Crippen LogP contribution in [0.2, 0.25) is 0 Å². The van der Waals surface area contributed by atoms with Gasteiger partial charge in [0.05, 0.1) is 24.2 Å². The summed E-state index contributed by atoms with van der Waals surface area (Å²) < 4.78 is 34.1. The number of sulfone groups is 1. The number of hydrogen-bond acceptors (Lipinski definition) is 5. The SMILES string of the molecule is COCCN(C(=O)COC1CCCCC1)C1CCS(=O)(=O)C1. The van der Waals surface area contributed by atoms with Crippen molar-refractivity contribution in [2.75, 3.05) is 38.4 Å². The normalized spacial score (nSPS) is 25.2. The molecule has 1 unspecified atom stereocenters. The van der Waals surface area contributed by atoms with E-state index in [9.17, 15) is 13.2 Å². The van der Waals surface area contributed by atoms with Gasteiger partial charge < -0.3 is 14.4 Å². The van der Waals surface area contributed by atoms with Crippen LogP contribution in [0.4, 0.5) is 0 Å². The van der Waals surface area contributed by atoms with Crippen LogP contribution in [-0.4, -0.2) is 69.7 Å². The first kappa shape index (κ1) is 17.7. The van der Waals surface area contributed by atoms with Crippen molar-refractivity contribution in [3.8, 4) is 0 Å². The van der Waals surface area contributed by atoms with E-state index in [-0.39, 0.29) is 36.2 Å². The number of hydrogen-bond donors (Lipinski definition) is 0. The molecule has 1 heterocycles. The average Bonchev–Trinajstić information content (AvgIpc) is 2.86. The van der Waals surface area contributed by atoms with E-state index in [1.165, 1.54) is 6.42 Å². The van der Waals surface area contributed by atoms with Gasteiger partial charge in [-0.3, -0.25) is 4.79 Å². The summed E-state index contributed by atoms with van der Waals surface area (Å²) in [6.07, 6.45) is 6.29. The molecule has 0 radical (unpaired) electrons. The molecule has 1 aliphatic heterocycles. The summed E-state index contributed by atoms with van der Waals surface area (Å²) in [7, 11) is -1.43. The van der Waals surface area contributed by atoms with Crippen molar-refractivity contribution in [1.29, 1.82) is 0 Å². The Hall–Kier alpha value is -0.660. The van der Waals surface area contributed by atoms with Gasteiger partial charge in [0.1, 0.15) is 6.61 Å². The Morgan fingerprint density at radius 3 is 2.50 bits per heavy atom. The summed E-state index contributed by atoms with van der Waals surface area (Å²) in [5.74, 6) is 0.105. The number of carbonyl (C=O) groups excluding carboxylic acids is 1. The van der Waals surface area contributed by atoms with E-state index in [4.69, 9.17) is 9.47 Å². The lowest BCUT2D eigenvalue weighted by Crippen LogP contribution is -2.45. The first-order valence-corrected chi connectivity index (χ1v) is 9.94. The highest BCUT2D eigenvalue weighted by molar-refractivity contribution is 7.91. The summed E-state index contributed by atoms with van der Waals surface area (Å²) in [6.45, 7) is 0.875. The molecule has 2 fully saturated rings. The Bertz CT molecular complexity index is 459. The fraction of sp³-hybridized carbons (Fsp3) is 0.933. The molecule has 0 N–H and O–H groups in total. The predicted octanol–water partition coefficient (Wildman–Crippen LogP) is 0.998. The second kappa shape index (κ2) is 8.26. The highest BCUT2D eigenvalue weighted by atomic mass is 32.2. The number of methoxy groups -OCH3 is 1. The second-order valence-corrected chi connectivity index (χ2v) is 8.44. The molecule has 0 bridgehead atoms. The fourth-order valence-corrected chi connectivity index (χ4v) is 4.96. The maximum atomic E-state index is 12.4. The molecule has 1 atom stereocenters. The molecular weight excluding hydrogens is 306 g/mol. The molecule has 128 valence electrons. The zero-order valence-electron chi connectivity index (χ0n) is 13.3. The highest BCUT2D eigenvalue weighted by Crippen LogP contribution is 2.21. The third-order valence-electron chi connectivity index (χ3n) is 4.50. The Labute approximate surface area is 133 Å². The van der Waals surface area contributed by atoms with Crippen LogP contribution < -0.4 is 0 Å². The van der Waals surface area contributed by atoms with E-state index in [2.05, 4.69) is 0 Å². The van der Waals surface area contributed by atoms with Crippen LogP contribution >= 0.6 is 0 Å². The second-order valence-electron chi connectivity index (χ2n) is 6.21. The van der Waals surface area contributed by atoms with Crippen LogP contribution in [0, 0.1) is 0 Å². The smallest absolute Gasteiger partial charge is 0.248 e. The summed E-state index contributed by atoms with van der Waals surface area (Å²) in [6, 6.07) is -0.234. The summed E-state index contributed by atoms with van der Waals surface area (Å²) in [5.41, 5.74) is 0. The number of ether oxygens (including phenoxy) is 2. The first-order valence-electron chi connectivity index (χ1n) is 8.12. The topological polar surface area (TPSA) is 72.9 Å². The zero-order valence-corrected chi connectivity index (χ0v) is 14.1. The Balaban J connectivity index is 1.88. The fourth-order valence-electron chi connectivity index (χ4n) is 3.23. The van der Waals surface area contributed by atoms with Gasteiger partial charge in [0.25, 0.3) is 0 Å². The Morgan fingerprint density at radius 2 is 1.91 bits per heavy atom. The van der Waals surface area contributed by atoms with Crippen LogP contribution in [-0.2, 0) is 24.1 Å². The van der Waals surface area contributed by atoms with E-state index >= 15 is 0 Å². The standard InChI is InChI=1S/C15H27NO5S/c1-20-9-8-16(13-7-10-22(18,19)12-13)15(17)11-21-14-5-3-2-4-6-14/h13-14H,2-12H2,1H3. The van der Waals surface area contributed by atoms with Crippen molar-refractivity contribution in [2.24, 2.45) is 0 Å². The minimum absolute atomic E-state index is 0.0466. The van der Waals surface area contributed by atoms with Crippen LogP contribution in [0.5, 0.6) is 0 Å². The minimum Gasteiger partial charge on any atom is -0.383 e. The van der Waals surface area contributed by atoms with Crippen LogP contribution in [0.1, 0.15) is 38.5 Å². The van der Waals surface area contributed by atoms with Gasteiger partial charge in [-0.05, 0) is 19.3 Å². The Morgan fingerprint density at radius 1 is 1.18 bits per heavy atom. The van der Waals surface area contributed by atoms with Gasteiger partial charge in [-0.2, -0.15) is 0 Å². The number of rotatable bonds is 7. The lowest BCUT2D eigenvalue weighted by atomic mass is 9.98. The van der Waals surface area contributed by atoms with E-state index in [1.807, 2.05) is 0 Å². The maximum Gasteiger partial charge on any atom is 0.248 e. The lowest BCUT2D eigenvalue weighted by molar-refractivity contribution is -0.141. The van der Waals surface area contributed by atoms with Gasteiger partial charge in [0.2, 0.25) is 5.91 Å². The highest BCUT2D eigenvalue weighted by Gasteiger charge is 2.34. The molecule has 1 aliphatic carbocycles. The van der Waals surface area contributed by atoms with Crippen LogP contribution in [0.25, 0.3) is 0 Å². The van der Waals surface area contributed by atoms with Crippen molar-refractivity contribution in [2.45, 2.75) is 50.7 Å². The monoisotopic (exact) mass is 333 g/mol. The minimum atomic E-state index is -3.01. The largest absolute Gasteiger partial charge is 0.383 e. The van der Waals surface area contributed by atoms with Gasteiger partial charge in [-0.15, -0.1) is 0 Å². The molecule has 1 saturated carbocycles. The Kier molecular flexibility index (Phi) is 6.65. The molecule has 22 heavy (non-hydrogen) atoms. The lowest BCUT2D eigenvalue weighted by Gasteiger charge is -2.29. The molecule has 0 aromatic heterocycles. The molecular formula is C15H27NO5S. The van der Waals surface area contributed by atoms with Crippen molar-refractivity contribution < 1.29 is 22.7 Å². The third kappa shape index (κ3) is 5.21. The van der Waals surface area contributed by atoms with Gasteiger partial charge in [-0.1, -0.05) is 19.3 Å². The van der Waals surface area contributed by atoms with Gasteiger partial charge in [0, 0.05) is 19.7 Å². The van der Waals surface area contributed by atoms with Crippen molar-refractivity contribution in [1.82, 2.24) is 4.90 Å². The van der Waals surface area contributed by atoms with Crippen molar-refractivity contribution >= 4 is 15.7 Å². The first-order chi connectivity index (χ1) is 10.5. The summed E-state index contributed by atoms with van der Waals surface area (Å²) in [4.78, 5) is 14.1. The summed E-state index contributed by atoms with van der Waals surface area (Å²) in [5, 5.41) is 0. The van der Waals surface area contributed by atoms with E-state index in [0.29, 0.717) is 19.6 Å². The van der Waals surface area contributed by atoms with E-state index in [0.717, 1.165) is 25.7 Å². The molecule has 0 aromatic carbocycles. The van der Waals surface area contributed by atoms with Crippen molar-refractivity contribution in [3.05, 3.63) is 0 Å². The number of amides is 1. The molecule has 1 amide bonds. The number of carbonyl (C=O) groups is 1. The van der Waals surface area contributed by atoms with E-state index < -0.39 is 9.84 Å². The van der Waals surface area contributed by atoms with E-state index in [1.54, 1.807) is 12.0 Å². The summed E-state index contributed by atoms with van der Waals surface area (Å²) >= 11 is 0. The number of nitrogens with zero attached hydrogens (tertiary/aromatic N) is 1. The van der Waals surface area contributed by atoms with Crippen LogP contribution in [0.15, 0.2) is 0 Å². The van der Waals surface area contributed by atoms with Gasteiger partial charge in [0.15, 0.2) is 9.84 Å². The zero-order chi connectivity index (χ0) is 16.0. The average molecular weight is 333 g/mol. The van der Waals surface area contributed by atoms with Gasteiger partial charge in [-0.25, -0.2) is 8.42 Å². The molecule has 7 heteroatoms. The molecule has 1 saturated heterocycles. The predicted molar refractivity (Wildman–Crippen MR) is 83.5 cm³/mol. The quantitative estimate of drug-likeness (QED) is 0.695. The maximum absolute atomic E-state index is 12.4. The van der Waals surface area contributed by atoms with Gasteiger partial charge >= 0.3 is 0 Å². The third-order valence-corrected chi connectivity index (χ3v) is 6.25. The molecule has 2 rings (SSSR count).